The normalized spacial score (nSPS) is 11.8. The number of ether oxygens (including phenoxy) is 1. The summed E-state index contributed by atoms with van der Waals surface area (Å²) < 4.78 is 4.99. The Balaban J connectivity index is 3.08. The molecule has 0 aliphatic heterocycles. The van der Waals surface area contributed by atoms with E-state index in [0.717, 1.165) is 16.8 Å². The molecular formula is C15H21N5O2S. The highest BCUT2D eigenvalue weighted by Gasteiger charge is 2.17. The molecule has 0 radical (unpaired) electrons. The highest BCUT2D eigenvalue weighted by Crippen LogP contribution is 2.17. The maximum atomic E-state index is 12.0. The third-order valence-electron chi connectivity index (χ3n) is 3.04. The molecule has 0 fully saturated rings. The van der Waals surface area contributed by atoms with Crippen molar-refractivity contribution in [2.45, 2.75) is 27.7 Å². The number of carbonyl (C=O) groups excluding carboxylic acids is 1. The number of benzene rings is 1. The Bertz CT molecular complexity index is 655. The van der Waals surface area contributed by atoms with E-state index in [1.54, 1.807) is 13.8 Å². The maximum absolute atomic E-state index is 12.0. The number of nitrogens with two attached hydrogens (primary N) is 1. The monoisotopic (exact) mass is 335 g/mol. The summed E-state index contributed by atoms with van der Waals surface area (Å²) in [6.07, 6.45) is 0. The summed E-state index contributed by atoms with van der Waals surface area (Å²) in [5, 5.41) is 8.03. The van der Waals surface area contributed by atoms with Crippen LogP contribution in [0.1, 0.15) is 25.0 Å². The Hall–Kier alpha value is -2.48. The van der Waals surface area contributed by atoms with Crippen LogP contribution in [0, 0.1) is 13.8 Å². The number of rotatable bonds is 6. The van der Waals surface area contributed by atoms with E-state index in [0.29, 0.717) is 5.71 Å². The van der Waals surface area contributed by atoms with Crippen LogP contribution in [0.3, 0.4) is 0 Å². The van der Waals surface area contributed by atoms with Gasteiger partial charge in [-0.05, 0) is 57.1 Å². The van der Waals surface area contributed by atoms with Gasteiger partial charge in [0.25, 0.3) is 0 Å². The average molecular weight is 335 g/mol. The molecule has 1 rings (SSSR count). The van der Waals surface area contributed by atoms with Gasteiger partial charge in [0.2, 0.25) is 0 Å². The molecule has 0 saturated heterocycles. The third-order valence-corrected chi connectivity index (χ3v) is 3.13. The number of nitrogens with one attached hydrogen (secondary N) is 2. The van der Waals surface area contributed by atoms with E-state index in [1.165, 1.54) is 0 Å². The summed E-state index contributed by atoms with van der Waals surface area (Å²) in [4.78, 5) is 12.0. The second-order valence-corrected chi connectivity index (χ2v) is 5.15. The van der Waals surface area contributed by atoms with Gasteiger partial charge in [-0.1, -0.05) is 12.1 Å². The molecule has 1 aromatic carbocycles. The van der Waals surface area contributed by atoms with E-state index >= 15 is 0 Å². The van der Waals surface area contributed by atoms with Crippen LogP contribution in [-0.4, -0.2) is 29.1 Å². The number of carbonyl (C=O) groups is 1. The zero-order chi connectivity index (χ0) is 17.4. The summed E-state index contributed by atoms with van der Waals surface area (Å²) in [7, 11) is 0. The van der Waals surface area contributed by atoms with Gasteiger partial charge in [-0.15, -0.1) is 0 Å². The molecule has 0 aliphatic rings. The predicted octanol–water partition coefficient (Wildman–Crippen LogP) is 1.84. The Morgan fingerprint density at radius 2 is 2.04 bits per heavy atom. The van der Waals surface area contributed by atoms with Crippen LogP contribution in [0.25, 0.3) is 0 Å². The van der Waals surface area contributed by atoms with Crippen molar-refractivity contribution in [2.24, 2.45) is 15.9 Å². The zero-order valence-electron chi connectivity index (χ0n) is 13.6. The minimum Gasteiger partial charge on any atom is -0.461 e. The second kappa shape index (κ2) is 8.84. The fraction of sp³-hybridized carbons (Fsp3) is 0.333. The summed E-state index contributed by atoms with van der Waals surface area (Å²) in [6, 6.07) is 5.77. The van der Waals surface area contributed by atoms with Crippen molar-refractivity contribution >= 4 is 40.4 Å². The van der Waals surface area contributed by atoms with E-state index < -0.39 is 5.97 Å². The van der Waals surface area contributed by atoms with Crippen molar-refractivity contribution in [3.05, 3.63) is 29.3 Å². The van der Waals surface area contributed by atoms with Gasteiger partial charge < -0.3 is 10.5 Å². The van der Waals surface area contributed by atoms with Gasteiger partial charge in [-0.2, -0.15) is 10.2 Å². The fourth-order valence-electron chi connectivity index (χ4n) is 1.65. The van der Waals surface area contributed by atoms with Crippen molar-refractivity contribution in [1.29, 1.82) is 0 Å². The SMILES string of the molecule is CCOC(=O)C(=NNc1cccc(C)c1C)C(C)=NNC(N)=S. The van der Waals surface area contributed by atoms with E-state index in [9.17, 15) is 4.79 Å². The van der Waals surface area contributed by atoms with Gasteiger partial charge in [0.05, 0.1) is 18.0 Å². The van der Waals surface area contributed by atoms with Crippen molar-refractivity contribution in [3.63, 3.8) is 0 Å². The summed E-state index contributed by atoms with van der Waals surface area (Å²) in [5.41, 5.74) is 13.9. The largest absolute Gasteiger partial charge is 0.461 e. The van der Waals surface area contributed by atoms with Crippen molar-refractivity contribution in [3.8, 4) is 0 Å². The van der Waals surface area contributed by atoms with Gasteiger partial charge >= 0.3 is 5.97 Å². The molecule has 8 heteroatoms. The first kappa shape index (κ1) is 18.6. The number of hydrazone groups is 2. The predicted molar refractivity (Wildman–Crippen MR) is 96.6 cm³/mol. The first-order valence-electron chi connectivity index (χ1n) is 7.04. The highest BCUT2D eigenvalue weighted by molar-refractivity contribution is 7.80. The molecule has 23 heavy (non-hydrogen) atoms. The number of anilines is 1. The molecular weight excluding hydrogens is 314 g/mol. The number of hydrogen-bond acceptors (Lipinski definition) is 6. The topological polar surface area (TPSA) is 101 Å². The Labute approximate surface area is 141 Å². The lowest BCUT2D eigenvalue weighted by Gasteiger charge is -2.10. The molecule has 0 aliphatic carbocycles. The maximum Gasteiger partial charge on any atom is 0.360 e. The van der Waals surface area contributed by atoms with Crippen LogP contribution < -0.4 is 16.6 Å². The van der Waals surface area contributed by atoms with Crippen LogP contribution in [-0.2, 0) is 9.53 Å². The zero-order valence-corrected chi connectivity index (χ0v) is 14.5. The van der Waals surface area contributed by atoms with Crippen molar-refractivity contribution in [1.82, 2.24) is 5.43 Å². The Morgan fingerprint density at radius 1 is 1.35 bits per heavy atom. The van der Waals surface area contributed by atoms with E-state index in [1.807, 2.05) is 32.0 Å². The van der Waals surface area contributed by atoms with Gasteiger partial charge in [0.15, 0.2) is 10.8 Å². The van der Waals surface area contributed by atoms with E-state index in [2.05, 4.69) is 33.3 Å². The summed E-state index contributed by atoms with van der Waals surface area (Å²) in [5.74, 6) is -0.587. The van der Waals surface area contributed by atoms with Gasteiger partial charge in [-0.25, -0.2) is 4.79 Å². The molecule has 0 aromatic heterocycles. The molecule has 0 atom stereocenters. The van der Waals surface area contributed by atoms with Crippen LogP contribution in [0.15, 0.2) is 28.4 Å². The van der Waals surface area contributed by atoms with Gasteiger partial charge in [-0.3, -0.25) is 10.9 Å². The van der Waals surface area contributed by atoms with Gasteiger partial charge in [0, 0.05) is 0 Å². The Morgan fingerprint density at radius 3 is 2.65 bits per heavy atom. The van der Waals surface area contributed by atoms with Crippen LogP contribution in [0.5, 0.6) is 0 Å². The average Bonchev–Trinajstić information content (AvgIpc) is 2.49. The lowest BCUT2D eigenvalue weighted by Crippen LogP contribution is -2.30. The lowest BCUT2D eigenvalue weighted by atomic mass is 10.1. The number of esters is 1. The minimum atomic E-state index is -0.587. The molecule has 0 heterocycles. The number of aryl methyl sites for hydroxylation is 1. The standard InChI is InChI=1S/C15H21N5O2S/c1-5-22-14(21)13(11(4)17-20-15(16)23)19-18-12-8-6-7-9(2)10(12)3/h6-8,18H,5H2,1-4H3,(H3,16,20,23). The quantitative estimate of drug-likeness (QED) is 0.317. The second-order valence-electron chi connectivity index (χ2n) is 4.71. The van der Waals surface area contributed by atoms with Gasteiger partial charge in [0.1, 0.15) is 0 Å². The number of nitrogens with zero attached hydrogens (tertiary/aromatic N) is 2. The third kappa shape index (κ3) is 5.67. The first-order chi connectivity index (χ1) is 10.9. The summed E-state index contributed by atoms with van der Waals surface area (Å²) >= 11 is 4.68. The lowest BCUT2D eigenvalue weighted by molar-refractivity contribution is -0.134. The molecule has 0 saturated carbocycles. The smallest absolute Gasteiger partial charge is 0.360 e. The van der Waals surface area contributed by atoms with E-state index in [-0.39, 0.29) is 17.4 Å². The molecule has 7 nitrogen and oxygen atoms in total. The summed E-state index contributed by atoms with van der Waals surface area (Å²) in [6.45, 7) is 7.51. The molecule has 0 amide bonds. The molecule has 4 N–H and O–H groups in total. The first-order valence-corrected chi connectivity index (χ1v) is 7.44. The minimum absolute atomic E-state index is 0.00459. The molecule has 1 aromatic rings. The molecule has 0 unspecified atom stereocenters. The molecule has 0 bridgehead atoms. The Kier molecular flexibility index (Phi) is 7.14. The van der Waals surface area contributed by atoms with Crippen LogP contribution in [0.4, 0.5) is 5.69 Å². The van der Waals surface area contributed by atoms with Crippen molar-refractivity contribution in [2.75, 3.05) is 12.0 Å². The van der Waals surface area contributed by atoms with Crippen LogP contribution >= 0.6 is 12.2 Å². The fourth-order valence-corrected chi connectivity index (χ4v) is 1.70. The van der Waals surface area contributed by atoms with Crippen LogP contribution in [0.2, 0.25) is 0 Å². The van der Waals surface area contributed by atoms with Crippen molar-refractivity contribution < 1.29 is 9.53 Å². The molecule has 0 spiro atoms. The molecule has 124 valence electrons. The highest BCUT2D eigenvalue weighted by atomic mass is 32.1. The number of hydrogen-bond donors (Lipinski definition) is 3. The number of thiocarbonyl (C=S) groups is 1. The van der Waals surface area contributed by atoms with E-state index in [4.69, 9.17) is 10.5 Å².